The first-order valence-corrected chi connectivity index (χ1v) is 7.98. The maximum Gasteiger partial charge on any atom is 0.308 e. The summed E-state index contributed by atoms with van der Waals surface area (Å²) in [6, 6.07) is 12.4. The van der Waals surface area contributed by atoms with Crippen LogP contribution in [0.2, 0.25) is 0 Å². The first-order valence-electron chi connectivity index (χ1n) is 7.16. The van der Waals surface area contributed by atoms with Crippen molar-refractivity contribution in [3.05, 3.63) is 53.6 Å². The number of hydrogen-bond acceptors (Lipinski definition) is 6. The summed E-state index contributed by atoms with van der Waals surface area (Å²) in [7, 11) is 0. The van der Waals surface area contributed by atoms with Gasteiger partial charge in [0.25, 0.3) is 0 Å². The van der Waals surface area contributed by atoms with E-state index >= 15 is 0 Å². The van der Waals surface area contributed by atoms with Crippen molar-refractivity contribution in [3.8, 4) is 11.5 Å². The number of aldehydes is 1. The van der Waals surface area contributed by atoms with Gasteiger partial charge in [0.1, 0.15) is 6.61 Å². The molecule has 0 aliphatic carbocycles. The molecule has 0 saturated heterocycles. The quantitative estimate of drug-likeness (QED) is 0.345. The highest BCUT2D eigenvalue weighted by atomic mass is 32.2. The Balaban J connectivity index is 2.34. The Kier molecular flexibility index (Phi) is 6.14. The highest BCUT2D eigenvalue weighted by Crippen LogP contribution is 2.36. The predicted octanol–water partition coefficient (Wildman–Crippen LogP) is 3.64. The lowest BCUT2D eigenvalue weighted by molar-refractivity contribution is -0.132. The molecule has 0 unspecified atom stereocenters. The standard InChI is InChI=1S/C18H16O5S/c1-12(20)23-17-9-18(24-13(2)21)15(10-19)8-16(17)22-11-14-6-4-3-5-7-14/h3-10H,11H2,1-2H3. The van der Waals surface area contributed by atoms with Crippen molar-refractivity contribution in [2.75, 3.05) is 0 Å². The molecule has 2 rings (SSSR count). The van der Waals surface area contributed by atoms with Gasteiger partial charge in [0.2, 0.25) is 0 Å². The summed E-state index contributed by atoms with van der Waals surface area (Å²) < 4.78 is 10.8. The van der Waals surface area contributed by atoms with Crippen LogP contribution in [0.15, 0.2) is 47.4 Å². The maximum absolute atomic E-state index is 11.3. The summed E-state index contributed by atoms with van der Waals surface area (Å²) in [5.41, 5.74) is 1.23. The van der Waals surface area contributed by atoms with Crippen LogP contribution in [0.4, 0.5) is 0 Å². The Bertz CT molecular complexity index is 756. The number of carbonyl (C=O) groups excluding carboxylic acids is 3. The zero-order chi connectivity index (χ0) is 17.5. The fourth-order valence-electron chi connectivity index (χ4n) is 1.98. The fourth-order valence-corrected chi connectivity index (χ4v) is 2.68. The van der Waals surface area contributed by atoms with E-state index in [4.69, 9.17) is 9.47 Å². The number of benzene rings is 2. The third-order valence-corrected chi connectivity index (χ3v) is 3.81. The van der Waals surface area contributed by atoms with E-state index in [1.165, 1.54) is 26.0 Å². The Morgan fingerprint density at radius 1 is 1.08 bits per heavy atom. The van der Waals surface area contributed by atoms with E-state index in [1.807, 2.05) is 30.3 Å². The van der Waals surface area contributed by atoms with E-state index in [1.54, 1.807) is 0 Å². The second-order valence-corrected chi connectivity index (χ2v) is 6.14. The summed E-state index contributed by atoms with van der Waals surface area (Å²) >= 11 is 0.897. The van der Waals surface area contributed by atoms with Crippen molar-refractivity contribution in [2.24, 2.45) is 0 Å². The van der Waals surface area contributed by atoms with E-state index in [0.29, 0.717) is 16.7 Å². The predicted molar refractivity (Wildman–Crippen MR) is 90.5 cm³/mol. The molecule has 0 aliphatic rings. The van der Waals surface area contributed by atoms with Gasteiger partial charge in [0, 0.05) is 24.3 Å². The second kappa shape index (κ2) is 8.31. The van der Waals surface area contributed by atoms with E-state index in [-0.39, 0.29) is 23.2 Å². The summed E-state index contributed by atoms with van der Waals surface area (Å²) in [6.07, 6.45) is 0.637. The number of carbonyl (C=O) groups is 3. The topological polar surface area (TPSA) is 69.7 Å². The van der Waals surface area contributed by atoms with Crippen molar-refractivity contribution >= 4 is 29.1 Å². The van der Waals surface area contributed by atoms with Crippen LogP contribution in [-0.4, -0.2) is 17.4 Å². The highest BCUT2D eigenvalue weighted by molar-refractivity contribution is 8.13. The first-order chi connectivity index (χ1) is 11.5. The van der Waals surface area contributed by atoms with Gasteiger partial charge in [-0.3, -0.25) is 14.4 Å². The Hall–Kier alpha value is -2.60. The lowest BCUT2D eigenvalue weighted by Crippen LogP contribution is -2.06. The number of thioether (sulfide) groups is 1. The largest absolute Gasteiger partial charge is 0.485 e. The second-order valence-electron chi connectivity index (χ2n) is 4.92. The van der Waals surface area contributed by atoms with E-state index in [2.05, 4.69) is 0 Å². The van der Waals surface area contributed by atoms with Gasteiger partial charge in [-0.2, -0.15) is 0 Å². The molecule has 6 heteroatoms. The van der Waals surface area contributed by atoms with E-state index in [0.717, 1.165) is 17.3 Å². The van der Waals surface area contributed by atoms with Crippen LogP contribution in [0, 0.1) is 0 Å². The summed E-state index contributed by atoms with van der Waals surface area (Å²) in [4.78, 5) is 34.3. The molecule has 0 saturated carbocycles. The molecular formula is C18H16O5S. The molecule has 124 valence electrons. The Morgan fingerprint density at radius 3 is 2.38 bits per heavy atom. The smallest absolute Gasteiger partial charge is 0.308 e. The minimum Gasteiger partial charge on any atom is -0.485 e. The van der Waals surface area contributed by atoms with Crippen LogP contribution < -0.4 is 9.47 Å². The van der Waals surface area contributed by atoms with Crippen molar-refractivity contribution in [3.63, 3.8) is 0 Å². The molecule has 24 heavy (non-hydrogen) atoms. The van der Waals surface area contributed by atoms with Gasteiger partial charge in [0.15, 0.2) is 22.9 Å². The van der Waals surface area contributed by atoms with Crippen LogP contribution in [0.25, 0.3) is 0 Å². The fraction of sp³-hybridized carbons (Fsp3) is 0.167. The molecule has 0 fully saturated rings. The minimum atomic E-state index is -0.516. The monoisotopic (exact) mass is 344 g/mol. The van der Waals surface area contributed by atoms with Crippen LogP contribution >= 0.6 is 11.8 Å². The average molecular weight is 344 g/mol. The molecule has 0 spiro atoms. The number of esters is 1. The molecular weight excluding hydrogens is 328 g/mol. The van der Waals surface area contributed by atoms with Gasteiger partial charge in [-0.1, -0.05) is 42.1 Å². The van der Waals surface area contributed by atoms with Crippen molar-refractivity contribution in [1.29, 1.82) is 0 Å². The van der Waals surface area contributed by atoms with Crippen molar-refractivity contribution in [1.82, 2.24) is 0 Å². The average Bonchev–Trinajstić information content (AvgIpc) is 2.54. The van der Waals surface area contributed by atoms with Gasteiger partial charge in [-0.15, -0.1) is 0 Å². The summed E-state index contributed by atoms with van der Waals surface area (Å²) in [5, 5.41) is -0.176. The molecule has 0 N–H and O–H groups in total. The van der Waals surface area contributed by atoms with Gasteiger partial charge < -0.3 is 9.47 Å². The molecule has 2 aromatic rings. The number of ether oxygens (including phenoxy) is 2. The third kappa shape index (κ3) is 4.96. The Morgan fingerprint density at radius 2 is 1.79 bits per heavy atom. The van der Waals surface area contributed by atoms with Crippen LogP contribution in [0.1, 0.15) is 29.8 Å². The lowest BCUT2D eigenvalue weighted by Gasteiger charge is -2.14. The molecule has 5 nitrogen and oxygen atoms in total. The number of hydrogen-bond donors (Lipinski definition) is 0. The molecule has 0 atom stereocenters. The van der Waals surface area contributed by atoms with Gasteiger partial charge in [0.05, 0.1) is 0 Å². The molecule has 2 aromatic carbocycles. The lowest BCUT2D eigenvalue weighted by atomic mass is 10.2. The summed E-state index contributed by atoms with van der Waals surface area (Å²) in [6.45, 7) is 2.92. The molecule has 0 aliphatic heterocycles. The van der Waals surface area contributed by atoms with Crippen molar-refractivity contribution < 1.29 is 23.9 Å². The van der Waals surface area contributed by atoms with Crippen LogP contribution in [0.5, 0.6) is 11.5 Å². The number of rotatable bonds is 6. The van der Waals surface area contributed by atoms with Crippen LogP contribution in [-0.2, 0) is 16.2 Å². The third-order valence-electron chi connectivity index (χ3n) is 2.95. The van der Waals surface area contributed by atoms with Crippen LogP contribution in [0.3, 0.4) is 0 Å². The zero-order valence-electron chi connectivity index (χ0n) is 13.3. The molecule has 0 bridgehead atoms. The first kappa shape index (κ1) is 17.7. The van der Waals surface area contributed by atoms with Crippen molar-refractivity contribution in [2.45, 2.75) is 25.3 Å². The normalized spacial score (nSPS) is 10.1. The molecule has 0 heterocycles. The molecule has 0 radical (unpaired) electrons. The SMILES string of the molecule is CC(=O)Oc1cc(SC(C)=O)c(C=O)cc1OCc1ccccc1. The minimum absolute atomic E-state index is 0.174. The maximum atomic E-state index is 11.3. The molecule has 0 aromatic heterocycles. The molecule has 0 amide bonds. The van der Waals surface area contributed by atoms with E-state index < -0.39 is 5.97 Å². The van der Waals surface area contributed by atoms with E-state index in [9.17, 15) is 14.4 Å². The highest BCUT2D eigenvalue weighted by Gasteiger charge is 2.15. The van der Waals surface area contributed by atoms with Gasteiger partial charge >= 0.3 is 5.97 Å². The van der Waals surface area contributed by atoms with Gasteiger partial charge in [-0.05, 0) is 17.7 Å². The Labute approximate surface area is 144 Å². The zero-order valence-corrected chi connectivity index (χ0v) is 14.1. The summed E-state index contributed by atoms with van der Waals surface area (Å²) in [5.74, 6) is -0.0750. The van der Waals surface area contributed by atoms with Gasteiger partial charge in [-0.25, -0.2) is 0 Å².